The number of nitrogens with zero attached hydrogens (tertiary/aromatic N) is 1. The molecule has 4 nitrogen and oxygen atoms in total. The van der Waals surface area contributed by atoms with Crippen LogP contribution in [-0.4, -0.2) is 36.0 Å². The number of hydrazine groups is 1. The highest BCUT2D eigenvalue weighted by molar-refractivity contribution is 7.99. The summed E-state index contributed by atoms with van der Waals surface area (Å²) >= 11 is 1.74. The third-order valence-corrected chi connectivity index (χ3v) is 2.92. The Morgan fingerprint density at radius 3 is 2.67 bits per heavy atom. The highest BCUT2D eigenvalue weighted by Crippen LogP contribution is 2.12. The van der Waals surface area contributed by atoms with Crippen LogP contribution in [-0.2, 0) is 4.79 Å². The Kier molecular flexibility index (Phi) is 6.14. The number of hydrogen-bond acceptors (Lipinski definition) is 4. The predicted molar refractivity (Wildman–Crippen MR) is 52.6 cm³/mol. The van der Waals surface area contributed by atoms with Crippen molar-refractivity contribution in [1.29, 1.82) is 0 Å². The molecule has 0 saturated heterocycles. The Balaban J connectivity index is 3.37. The molecule has 0 aromatic carbocycles. The van der Waals surface area contributed by atoms with Gasteiger partial charge in [-0.05, 0) is 21.0 Å². The minimum atomic E-state index is -0.103. The fraction of sp³-hybridized carbons (Fsp3) is 0.857. The lowest BCUT2D eigenvalue weighted by atomic mass is 10.5. The van der Waals surface area contributed by atoms with E-state index in [2.05, 4.69) is 17.2 Å². The normalized spacial score (nSPS) is 13.1. The maximum Gasteiger partial charge on any atom is 0.234 e. The molecule has 0 rings (SSSR count). The first-order chi connectivity index (χ1) is 5.57. The van der Waals surface area contributed by atoms with E-state index in [4.69, 9.17) is 5.84 Å². The van der Waals surface area contributed by atoms with E-state index in [0.29, 0.717) is 11.8 Å². The van der Waals surface area contributed by atoms with Crippen molar-refractivity contribution < 1.29 is 4.79 Å². The van der Waals surface area contributed by atoms with Crippen molar-refractivity contribution in [3.05, 3.63) is 0 Å². The minimum Gasteiger partial charge on any atom is -0.298 e. The SMILES string of the molecule is CC(SCCC(=O)NN)N(C)C. The molecule has 0 heterocycles. The van der Waals surface area contributed by atoms with Crippen LogP contribution in [0.25, 0.3) is 0 Å². The molecule has 1 amide bonds. The number of amides is 1. The molecular formula is C7H17N3OS. The first-order valence-corrected chi connectivity index (χ1v) is 4.90. The lowest BCUT2D eigenvalue weighted by Gasteiger charge is -2.18. The number of hydrogen-bond donors (Lipinski definition) is 2. The predicted octanol–water partition coefficient (Wildman–Crippen LogP) is 0.00720. The second-order valence-electron chi connectivity index (χ2n) is 2.75. The van der Waals surface area contributed by atoms with Crippen molar-refractivity contribution in [2.24, 2.45) is 5.84 Å². The minimum absolute atomic E-state index is 0.103. The third-order valence-electron chi connectivity index (χ3n) is 1.58. The van der Waals surface area contributed by atoms with Gasteiger partial charge >= 0.3 is 0 Å². The van der Waals surface area contributed by atoms with Crippen molar-refractivity contribution in [3.63, 3.8) is 0 Å². The van der Waals surface area contributed by atoms with Crippen LogP contribution in [0.4, 0.5) is 0 Å². The molecule has 0 saturated carbocycles. The van der Waals surface area contributed by atoms with E-state index in [0.717, 1.165) is 5.75 Å². The van der Waals surface area contributed by atoms with E-state index in [-0.39, 0.29) is 5.91 Å². The summed E-state index contributed by atoms with van der Waals surface area (Å²) in [4.78, 5) is 12.8. The summed E-state index contributed by atoms with van der Waals surface area (Å²) in [6.45, 7) is 2.10. The van der Waals surface area contributed by atoms with Gasteiger partial charge in [0.1, 0.15) is 0 Å². The van der Waals surface area contributed by atoms with Crippen LogP contribution in [0.5, 0.6) is 0 Å². The van der Waals surface area contributed by atoms with Crippen molar-refractivity contribution >= 4 is 17.7 Å². The summed E-state index contributed by atoms with van der Waals surface area (Å²) in [5.74, 6) is 5.63. The van der Waals surface area contributed by atoms with Crippen LogP contribution in [0.3, 0.4) is 0 Å². The van der Waals surface area contributed by atoms with Gasteiger partial charge in [0.2, 0.25) is 5.91 Å². The van der Waals surface area contributed by atoms with Gasteiger partial charge in [0.15, 0.2) is 0 Å². The molecule has 1 atom stereocenters. The molecule has 12 heavy (non-hydrogen) atoms. The van der Waals surface area contributed by atoms with Gasteiger partial charge in [-0.15, -0.1) is 11.8 Å². The molecule has 0 aliphatic rings. The molecule has 0 fully saturated rings. The molecule has 0 aromatic heterocycles. The zero-order valence-corrected chi connectivity index (χ0v) is 8.65. The first-order valence-electron chi connectivity index (χ1n) is 3.85. The van der Waals surface area contributed by atoms with Gasteiger partial charge in [0.05, 0.1) is 5.37 Å². The monoisotopic (exact) mass is 191 g/mol. The number of carbonyl (C=O) groups is 1. The van der Waals surface area contributed by atoms with E-state index in [1.54, 1.807) is 11.8 Å². The van der Waals surface area contributed by atoms with Gasteiger partial charge in [0.25, 0.3) is 0 Å². The molecule has 0 spiro atoms. The van der Waals surface area contributed by atoms with Gasteiger partial charge in [-0.2, -0.15) is 0 Å². The second kappa shape index (κ2) is 6.28. The van der Waals surface area contributed by atoms with Crippen LogP contribution in [0, 0.1) is 0 Å². The first kappa shape index (κ1) is 11.7. The van der Waals surface area contributed by atoms with Crippen LogP contribution in [0.15, 0.2) is 0 Å². The summed E-state index contributed by atoms with van der Waals surface area (Å²) < 4.78 is 0. The van der Waals surface area contributed by atoms with E-state index >= 15 is 0 Å². The molecule has 0 bridgehead atoms. The van der Waals surface area contributed by atoms with E-state index in [9.17, 15) is 4.79 Å². The summed E-state index contributed by atoms with van der Waals surface area (Å²) in [5.41, 5.74) is 2.10. The Bertz CT molecular complexity index is 141. The zero-order chi connectivity index (χ0) is 9.56. The summed E-state index contributed by atoms with van der Waals surface area (Å²) in [7, 11) is 4.03. The number of nitrogens with two attached hydrogens (primary N) is 1. The number of carbonyl (C=O) groups excluding carboxylic acids is 1. The summed E-state index contributed by atoms with van der Waals surface area (Å²) in [6, 6.07) is 0. The van der Waals surface area contributed by atoms with Gasteiger partial charge in [-0.1, -0.05) is 0 Å². The van der Waals surface area contributed by atoms with Gasteiger partial charge < -0.3 is 0 Å². The molecule has 1 unspecified atom stereocenters. The summed E-state index contributed by atoms with van der Waals surface area (Å²) in [6.07, 6.45) is 0.485. The fourth-order valence-corrected chi connectivity index (χ4v) is 1.49. The molecule has 0 aliphatic heterocycles. The van der Waals surface area contributed by atoms with Crippen LogP contribution in [0.2, 0.25) is 0 Å². The maximum absolute atomic E-state index is 10.7. The highest BCUT2D eigenvalue weighted by Gasteiger charge is 2.05. The lowest BCUT2D eigenvalue weighted by Crippen LogP contribution is -2.30. The number of nitrogens with one attached hydrogen (secondary N) is 1. The molecule has 0 aromatic rings. The third kappa shape index (κ3) is 5.40. The van der Waals surface area contributed by atoms with E-state index < -0.39 is 0 Å². The number of rotatable bonds is 5. The van der Waals surface area contributed by atoms with E-state index in [1.165, 1.54) is 0 Å². The zero-order valence-electron chi connectivity index (χ0n) is 7.83. The highest BCUT2D eigenvalue weighted by atomic mass is 32.2. The average molecular weight is 191 g/mol. The van der Waals surface area contributed by atoms with Crippen LogP contribution in [0.1, 0.15) is 13.3 Å². The Labute approximate surface area is 77.8 Å². The van der Waals surface area contributed by atoms with Crippen molar-refractivity contribution in [3.8, 4) is 0 Å². The van der Waals surface area contributed by atoms with Crippen LogP contribution < -0.4 is 11.3 Å². The molecule has 3 N–H and O–H groups in total. The Hall–Kier alpha value is -0.260. The van der Waals surface area contributed by atoms with Gasteiger partial charge in [0, 0.05) is 12.2 Å². The maximum atomic E-state index is 10.7. The fourth-order valence-electron chi connectivity index (χ4n) is 0.543. The van der Waals surface area contributed by atoms with Crippen molar-refractivity contribution in [1.82, 2.24) is 10.3 Å². The molecular weight excluding hydrogens is 174 g/mol. The molecule has 0 radical (unpaired) electrons. The standard InChI is InChI=1S/C7H17N3OS/c1-6(10(2)3)12-5-4-7(11)9-8/h6H,4-5,8H2,1-3H3,(H,9,11). The van der Waals surface area contributed by atoms with Gasteiger partial charge in [-0.25, -0.2) is 5.84 Å². The Morgan fingerprint density at radius 1 is 1.67 bits per heavy atom. The molecule has 72 valence electrons. The van der Waals surface area contributed by atoms with Crippen molar-refractivity contribution in [2.75, 3.05) is 19.8 Å². The Morgan fingerprint density at radius 2 is 2.25 bits per heavy atom. The topological polar surface area (TPSA) is 58.4 Å². The second-order valence-corrected chi connectivity index (χ2v) is 4.18. The summed E-state index contributed by atoms with van der Waals surface area (Å²) in [5, 5.41) is 0.440. The number of thioether (sulfide) groups is 1. The smallest absolute Gasteiger partial charge is 0.234 e. The average Bonchev–Trinajstić information content (AvgIpc) is 2.03. The molecule has 0 aliphatic carbocycles. The molecule has 5 heteroatoms. The van der Waals surface area contributed by atoms with Crippen LogP contribution >= 0.6 is 11.8 Å². The quantitative estimate of drug-likeness (QED) is 0.278. The largest absolute Gasteiger partial charge is 0.298 e. The van der Waals surface area contributed by atoms with E-state index in [1.807, 2.05) is 14.1 Å². The van der Waals surface area contributed by atoms with Crippen molar-refractivity contribution in [2.45, 2.75) is 18.7 Å². The lowest BCUT2D eigenvalue weighted by molar-refractivity contribution is -0.120. The van der Waals surface area contributed by atoms with Gasteiger partial charge in [-0.3, -0.25) is 15.1 Å².